The van der Waals surface area contributed by atoms with Gasteiger partial charge in [0.25, 0.3) is 0 Å². The Labute approximate surface area is 147 Å². The molecule has 0 N–H and O–H groups in total. The molecule has 100 valence electrons. The molecule has 2 rings (SSSR count). The summed E-state index contributed by atoms with van der Waals surface area (Å²) in [4.78, 5) is 0. The van der Waals surface area contributed by atoms with Crippen molar-refractivity contribution in [2.45, 2.75) is 8.87 Å². The Hall–Kier alpha value is 1.16. The van der Waals surface area contributed by atoms with Crippen LogP contribution in [0.1, 0.15) is 11.1 Å². The zero-order valence-electron chi connectivity index (χ0n) is 10.0. The topological polar surface area (TPSA) is 0 Å². The average Bonchev–Trinajstić information content (AvgIpc) is 2.35. The zero-order chi connectivity index (χ0) is 13.9. The van der Waals surface area contributed by atoms with Crippen molar-refractivity contribution in [3.05, 3.63) is 68.6 Å². The predicted octanol–water partition coefficient (Wildman–Crippen LogP) is 6.31. The molecule has 0 saturated heterocycles. The van der Waals surface area contributed by atoms with Crippen LogP contribution < -0.4 is 0 Å². The molecule has 19 heavy (non-hydrogen) atoms. The second kappa shape index (κ2) is 7.43. The molecule has 5 heteroatoms. The van der Waals surface area contributed by atoms with E-state index in [0.717, 1.165) is 8.87 Å². The van der Waals surface area contributed by atoms with Gasteiger partial charge in [0.15, 0.2) is 0 Å². The van der Waals surface area contributed by atoms with Gasteiger partial charge in [-0.15, -0.1) is 0 Å². The van der Waals surface area contributed by atoms with Crippen LogP contribution >= 0.6 is 57.3 Å². The van der Waals surface area contributed by atoms with Crippen molar-refractivity contribution in [1.82, 2.24) is 0 Å². The third kappa shape index (κ3) is 5.13. The second-order valence-electron chi connectivity index (χ2n) is 4.39. The van der Waals surface area contributed by atoms with E-state index in [9.17, 15) is 0 Å². The van der Waals surface area contributed by atoms with Gasteiger partial charge in [0.05, 0.1) is 0 Å². The Kier molecular flexibility index (Phi) is 6.46. The van der Waals surface area contributed by atoms with E-state index in [1.165, 1.54) is 20.1 Å². The molecule has 0 heterocycles. The van der Waals surface area contributed by atoms with Gasteiger partial charge in [0.1, 0.15) is 0 Å². The number of hydrogen-bond acceptors (Lipinski definition) is 0. The fourth-order valence-corrected chi connectivity index (χ4v) is 17.6. The molecule has 0 unspecified atom stereocenters. The number of benzene rings is 2. The van der Waals surface area contributed by atoms with Crippen LogP contribution in [0.2, 0.25) is 0 Å². The Morgan fingerprint density at radius 1 is 0.684 bits per heavy atom. The third-order valence-electron chi connectivity index (χ3n) is 2.81. The molecule has 0 bridgehead atoms. The molecule has 0 nitrogen and oxygen atoms in total. The summed E-state index contributed by atoms with van der Waals surface area (Å²) in [6.45, 7) is 0. The summed E-state index contributed by atoms with van der Waals surface area (Å²) in [6, 6.07) is 16.9. The van der Waals surface area contributed by atoms with Gasteiger partial charge in [0.2, 0.25) is 0 Å². The number of rotatable bonds is 4. The molecule has 0 radical (unpaired) electrons. The van der Waals surface area contributed by atoms with Gasteiger partial charge in [-0.25, -0.2) is 0 Å². The van der Waals surface area contributed by atoms with Gasteiger partial charge in [0, 0.05) is 0 Å². The van der Waals surface area contributed by atoms with Crippen molar-refractivity contribution >= 4 is 71.2 Å². The van der Waals surface area contributed by atoms with E-state index in [0.29, 0.717) is 0 Å². The zero-order valence-corrected chi connectivity index (χ0v) is 19.2. The molecular formula is C14H12Br4Sn. The summed E-state index contributed by atoms with van der Waals surface area (Å²) >= 11 is 12.8. The van der Waals surface area contributed by atoms with Gasteiger partial charge in [-0.3, -0.25) is 0 Å². The van der Waals surface area contributed by atoms with Gasteiger partial charge < -0.3 is 0 Å². The Balaban J connectivity index is 2.15. The summed E-state index contributed by atoms with van der Waals surface area (Å²) in [5, 5.41) is 0. The van der Waals surface area contributed by atoms with Crippen LogP contribution in [0.15, 0.2) is 57.5 Å². The van der Waals surface area contributed by atoms with E-state index in [1.54, 1.807) is 0 Å². The molecule has 2 aromatic rings. The van der Waals surface area contributed by atoms with Gasteiger partial charge in [-0.2, -0.15) is 0 Å². The van der Waals surface area contributed by atoms with Crippen molar-refractivity contribution < 1.29 is 0 Å². The summed E-state index contributed by atoms with van der Waals surface area (Å²) in [5.41, 5.74) is 2.75. The number of halogens is 4. The van der Waals surface area contributed by atoms with Crippen molar-refractivity contribution in [1.29, 1.82) is 0 Å². The predicted molar refractivity (Wildman–Crippen MR) is 99.3 cm³/mol. The van der Waals surface area contributed by atoms with Crippen molar-refractivity contribution in [3.8, 4) is 0 Å². The quantitative estimate of drug-likeness (QED) is 0.353. The first-order valence-electron chi connectivity index (χ1n) is 5.82. The summed E-state index contributed by atoms with van der Waals surface area (Å²) in [6.07, 6.45) is 0. The standard InChI is InChI=1S/2C7H6Br.2BrH.Sn/c2*1-6-4-2-3-5-7(6)8;;;/h2*2-5H,1H2;2*1H;/q;;;;+2/p-2. The Bertz CT molecular complexity index is 519. The molecule has 0 aliphatic rings. The summed E-state index contributed by atoms with van der Waals surface area (Å²) in [5.74, 6) is 0. The molecule has 0 atom stereocenters. The normalized spacial score (nSPS) is 11.6. The van der Waals surface area contributed by atoms with Crippen molar-refractivity contribution in [3.63, 3.8) is 0 Å². The maximum atomic E-state index is 4.01. The van der Waals surface area contributed by atoms with Crippen LogP contribution in [-0.2, 0) is 8.87 Å². The van der Waals surface area contributed by atoms with E-state index in [-0.39, 0.29) is 0 Å². The van der Waals surface area contributed by atoms with Gasteiger partial charge in [-0.05, 0) is 0 Å². The van der Waals surface area contributed by atoms with Crippen LogP contribution in [0.3, 0.4) is 0 Å². The van der Waals surface area contributed by atoms with E-state index in [2.05, 4.69) is 106 Å². The van der Waals surface area contributed by atoms with Crippen LogP contribution in [0.5, 0.6) is 0 Å². The fourth-order valence-electron chi connectivity index (χ4n) is 1.90. The molecule has 0 fully saturated rings. The van der Waals surface area contributed by atoms with Crippen LogP contribution in [0, 0.1) is 0 Å². The summed E-state index contributed by atoms with van der Waals surface area (Å²) in [7, 11) is 0. The molecule has 0 aliphatic heterocycles. The number of hydrogen-bond donors (Lipinski definition) is 0. The monoisotopic (exact) mass is 616 g/mol. The first kappa shape index (κ1) is 16.5. The minimum atomic E-state index is -2.47. The van der Waals surface area contributed by atoms with E-state index < -0.39 is 13.9 Å². The fraction of sp³-hybridized carbons (Fsp3) is 0.143. The molecule has 0 amide bonds. The van der Waals surface area contributed by atoms with Gasteiger partial charge in [-0.1, -0.05) is 0 Å². The SMILES string of the molecule is Brc1ccccc1[CH2][Sn]([Br])([Br])[CH2]c1ccccc1Br. The molecule has 0 spiro atoms. The van der Waals surface area contributed by atoms with Gasteiger partial charge >= 0.3 is 149 Å². The summed E-state index contributed by atoms with van der Waals surface area (Å²) < 4.78 is 4.61. The average molecular weight is 619 g/mol. The minimum absolute atomic E-state index is 1.11. The molecule has 2 aromatic carbocycles. The first-order valence-corrected chi connectivity index (χ1v) is 24.2. The Morgan fingerprint density at radius 2 is 1.05 bits per heavy atom. The van der Waals surface area contributed by atoms with E-state index in [4.69, 9.17) is 0 Å². The molecule has 0 aromatic heterocycles. The molecule has 0 saturated carbocycles. The van der Waals surface area contributed by atoms with Crippen LogP contribution in [0.4, 0.5) is 0 Å². The maximum absolute atomic E-state index is 4.01. The van der Waals surface area contributed by atoms with E-state index in [1.807, 2.05) is 0 Å². The van der Waals surface area contributed by atoms with Crippen molar-refractivity contribution in [2.24, 2.45) is 0 Å². The van der Waals surface area contributed by atoms with Crippen LogP contribution in [-0.4, -0.2) is 13.9 Å². The van der Waals surface area contributed by atoms with E-state index >= 15 is 0 Å². The molecule has 0 aliphatic carbocycles. The first-order chi connectivity index (χ1) is 8.98. The van der Waals surface area contributed by atoms with Crippen LogP contribution in [0.25, 0.3) is 0 Å². The van der Waals surface area contributed by atoms with Crippen molar-refractivity contribution in [2.75, 3.05) is 0 Å². The molecular weight excluding hydrogens is 606 g/mol. The second-order valence-corrected chi connectivity index (χ2v) is 40.5. The third-order valence-corrected chi connectivity index (χ3v) is 17.0. The Morgan fingerprint density at radius 3 is 1.42 bits per heavy atom.